The van der Waals surface area contributed by atoms with E-state index in [1.165, 1.54) is 0 Å². The first-order chi connectivity index (χ1) is 8.88. The van der Waals surface area contributed by atoms with Crippen molar-refractivity contribution < 1.29 is 9.21 Å². The molecule has 1 atom stereocenters. The molecule has 0 aliphatic heterocycles. The Hall–Kier alpha value is -1.29. The molecule has 0 bridgehead atoms. The van der Waals surface area contributed by atoms with Gasteiger partial charge >= 0.3 is 0 Å². The molecule has 0 aliphatic carbocycles. The van der Waals surface area contributed by atoms with Crippen molar-refractivity contribution >= 4 is 32.8 Å². The standard InChI is InChI=1S/C15H18BrNO2/c1-15(2,3)13(16)14(18)17-9-11-8-10-6-4-5-7-12(10)19-11/h4-8,13H,9H2,1-3H3,(H,17,18). The van der Waals surface area contributed by atoms with E-state index in [0.717, 1.165) is 16.7 Å². The summed E-state index contributed by atoms with van der Waals surface area (Å²) in [5.74, 6) is 0.746. The van der Waals surface area contributed by atoms with E-state index >= 15 is 0 Å². The average Bonchev–Trinajstić information content (AvgIpc) is 2.76. The lowest BCUT2D eigenvalue weighted by molar-refractivity contribution is -0.122. The molecule has 19 heavy (non-hydrogen) atoms. The summed E-state index contributed by atoms with van der Waals surface area (Å²) in [7, 11) is 0. The molecule has 0 saturated heterocycles. The number of alkyl halides is 1. The van der Waals surface area contributed by atoms with Crippen LogP contribution in [-0.2, 0) is 11.3 Å². The maximum Gasteiger partial charge on any atom is 0.234 e. The van der Waals surface area contributed by atoms with E-state index in [0.29, 0.717) is 6.54 Å². The largest absolute Gasteiger partial charge is 0.459 e. The van der Waals surface area contributed by atoms with Crippen molar-refractivity contribution in [1.29, 1.82) is 0 Å². The Morgan fingerprint density at radius 1 is 1.37 bits per heavy atom. The second-order valence-electron chi connectivity index (χ2n) is 5.70. The molecule has 102 valence electrons. The Labute approximate surface area is 121 Å². The molecule has 4 heteroatoms. The Balaban J connectivity index is 2.01. The van der Waals surface area contributed by atoms with E-state index in [9.17, 15) is 4.79 Å². The van der Waals surface area contributed by atoms with Gasteiger partial charge in [-0.05, 0) is 17.5 Å². The second kappa shape index (κ2) is 5.37. The van der Waals surface area contributed by atoms with E-state index in [2.05, 4.69) is 21.2 Å². The minimum atomic E-state index is -0.218. The number of hydrogen-bond acceptors (Lipinski definition) is 2. The van der Waals surface area contributed by atoms with Gasteiger partial charge in [-0.25, -0.2) is 0 Å². The summed E-state index contributed by atoms with van der Waals surface area (Å²) in [5.41, 5.74) is 0.732. The molecule has 1 unspecified atom stereocenters. The predicted octanol–water partition coefficient (Wildman–Crippen LogP) is 3.86. The Bertz CT molecular complexity index is 550. The van der Waals surface area contributed by atoms with Crippen molar-refractivity contribution in [3.8, 4) is 0 Å². The van der Waals surface area contributed by atoms with Gasteiger partial charge in [0.1, 0.15) is 11.3 Å². The van der Waals surface area contributed by atoms with Crippen LogP contribution in [0.25, 0.3) is 11.0 Å². The first kappa shape index (κ1) is 14.1. The number of furan rings is 1. The van der Waals surface area contributed by atoms with Gasteiger partial charge in [0.2, 0.25) is 5.91 Å². The molecule has 0 radical (unpaired) electrons. The Morgan fingerprint density at radius 3 is 2.68 bits per heavy atom. The third-order valence-electron chi connectivity index (χ3n) is 2.90. The summed E-state index contributed by atoms with van der Waals surface area (Å²) in [4.78, 5) is 11.8. The van der Waals surface area contributed by atoms with Crippen molar-refractivity contribution in [2.75, 3.05) is 0 Å². The molecule has 1 amide bonds. The zero-order chi connectivity index (χ0) is 14.0. The quantitative estimate of drug-likeness (QED) is 0.871. The highest BCUT2D eigenvalue weighted by atomic mass is 79.9. The number of amides is 1. The predicted molar refractivity (Wildman–Crippen MR) is 80.2 cm³/mol. The molecule has 0 aliphatic rings. The molecular formula is C15H18BrNO2. The number of carbonyl (C=O) groups is 1. The fourth-order valence-corrected chi connectivity index (χ4v) is 1.94. The first-order valence-electron chi connectivity index (χ1n) is 6.27. The maximum atomic E-state index is 12.0. The van der Waals surface area contributed by atoms with Gasteiger partial charge in [-0.15, -0.1) is 0 Å². The highest BCUT2D eigenvalue weighted by Crippen LogP contribution is 2.26. The first-order valence-corrected chi connectivity index (χ1v) is 7.19. The molecule has 0 spiro atoms. The lowest BCUT2D eigenvalue weighted by Crippen LogP contribution is -2.38. The monoisotopic (exact) mass is 323 g/mol. The van der Waals surface area contributed by atoms with Crippen LogP contribution in [0, 0.1) is 5.41 Å². The van der Waals surface area contributed by atoms with Crippen LogP contribution in [0.2, 0.25) is 0 Å². The summed E-state index contributed by atoms with van der Waals surface area (Å²) in [6.45, 7) is 6.47. The van der Waals surface area contributed by atoms with Gasteiger partial charge in [0, 0.05) is 5.39 Å². The molecule has 1 aromatic heterocycles. The lowest BCUT2D eigenvalue weighted by Gasteiger charge is -2.24. The van der Waals surface area contributed by atoms with Crippen LogP contribution in [0.3, 0.4) is 0 Å². The van der Waals surface area contributed by atoms with Crippen LogP contribution in [0.4, 0.5) is 0 Å². The van der Waals surface area contributed by atoms with Crippen molar-refractivity contribution in [1.82, 2.24) is 5.32 Å². The van der Waals surface area contributed by atoms with E-state index in [1.807, 2.05) is 51.1 Å². The van der Waals surface area contributed by atoms with Crippen molar-refractivity contribution in [3.05, 3.63) is 36.1 Å². The van der Waals surface area contributed by atoms with Crippen molar-refractivity contribution in [2.24, 2.45) is 5.41 Å². The lowest BCUT2D eigenvalue weighted by atomic mass is 9.92. The summed E-state index contributed by atoms with van der Waals surface area (Å²) >= 11 is 3.43. The van der Waals surface area contributed by atoms with Gasteiger partial charge in [-0.3, -0.25) is 4.79 Å². The van der Waals surface area contributed by atoms with Crippen LogP contribution < -0.4 is 5.32 Å². The fourth-order valence-electron chi connectivity index (χ4n) is 1.78. The molecule has 1 heterocycles. The number of para-hydroxylation sites is 1. The average molecular weight is 324 g/mol. The van der Waals surface area contributed by atoms with Crippen LogP contribution in [0.15, 0.2) is 34.7 Å². The second-order valence-corrected chi connectivity index (χ2v) is 6.61. The topological polar surface area (TPSA) is 42.2 Å². The molecule has 0 fully saturated rings. The zero-order valence-corrected chi connectivity index (χ0v) is 13.0. The highest BCUT2D eigenvalue weighted by molar-refractivity contribution is 9.10. The van der Waals surface area contributed by atoms with Crippen LogP contribution in [0.1, 0.15) is 26.5 Å². The molecule has 1 N–H and O–H groups in total. The molecule has 2 rings (SSSR count). The fraction of sp³-hybridized carbons (Fsp3) is 0.400. The zero-order valence-electron chi connectivity index (χ0n) is 11.4. The number of halogens is 1. The highest BCUT2D eigenvalue weighted by Gasteiger charge is 2.28. The minimum absolute atomic E-state index is 0.0204. The van der Waals surface area contributed by atoms with E-state index in [1.54, 1.807) is 0 Å². The number of nitrogens with one attached hydrogen (secondary N) is 1. The molecule has 1 aromatic carbocycles. The number of carbonyl (C=O) groups excluding carboxylic acids is 1. The number of hydrogen-bond donors (Lipinski definition) is 1. The third kappa shape index (κ3) is 3.38. The summed E-state index contributed by atoms with van der Waals surface area (Å²) < 4.78 is 5.65. The van der Waals surface area contributed by atoms with Crippen molar-refractivity contribution in [3.63, 3.8) is 0 Å². The van der Waals surface area contributed by atoms with Gasteiger partial charge in [0.25, 0.3) is 0 Å². The minimum Gasteiger partial charge on any atom is -0.459 e. The molecular weight excluding hydrogens is 306 g/mol. The van der Waals surface area contributed by atoms with E-state index in [-0.39, 0.29) is 16.1 Å². The molecule has 0 saturated carbocycles. The normalized spacial score (nSPS) is 13.5. The van der Waals surface area contributed by atoms with Crippen LogP contribution in [-0.4, -0.2) is 10.7 Å². The maximum absolute atomic E-state index is 12.0. The third-order valence-corrected chi connectivity index (χ3v) is 4.69. The number of fused-ring (bicyclic) bond motifs is 1. The SMILES string of the molecule is CC(C)(C)C(Br)C(=O)NCc1cc2ccccc2o1. The Morgan fingerprint density at radius 2 is 2.05 bits per heavy atom. The summed E-state index contributed by atoms with van der Waals surface area (Å²) in [6, 6.07) is 9.77. The summed E-state index contributed by atoms with van der Waals surface area (Å²) in [5, 5.41) is 3.94. The smallest absolute Gasteiger partial charge is 0.234 e. The number of benzene rings is 1. The number of rotatable bonds is 3. The van der Waals surface area contributed by atoms with Gasteiger partial charge in [-0.2, -0.15) is 0 Å². The van der Waals surface area contributed by atoms with Gasteiger partial charge in [0.05, 0.1) is 11.4 Å². The summed E-state index contributed by atoms with van der Waals surface area (Å²) in [6.07, 6.45) is 0. The van der Waals surface area contributed by atoms with Gasteiger partial charge < -0.3 is 9.73 Å². The molecule has 3 nitrogen and oxygen atoms in total. The van der Waals surface area contributed by atoms with E-state index in [4.69, 9.17) is 4.42 Å². The van der Waals surface area contributed by atoms with Gasteiger partial charge in [-0.1, -0.05) is 54.9 Å². The van der Waals surface area contributed by atoms with Gasteiger partial charge in [0.15, 0.2) is 0 Å². The van der Waals surface area contributed by atoms with Crippen molar-refractivity contribution in [2.45, 2.75) is 32.1 Å². The van der Waals surface area contributed by atoms with Crippen LogP contribution in [0.5, 0.6) is 0 Å². The van der Waals surface area contributed by atoms with E-state index < -0.39 is 0 Å². The molecule has 2 aromatic rings. The Kier molecular flexibility index (Phi) is 3.99. The van der Waals surface area contributed by atoms with Crippen LogP contribution >= 0.6 is 15.9 Å².